The summed E-state index contributed by atoms with van der Waals surface area (Å²) in [7, 11) is 0. The fourth-order valence-electron chi connectivity index (χ4n) is 1.85. The van der Waals surface area contributed by atoms with E-state index in [-0.39, 0.29) is 18.7 Å². The van der Waals surface area contributed by atoms with Crippen LogP contribution >= 0.6 is 15.9 Å². The van der Waals surface area contributed by atoms with Gasteiger partial charge in [0, 0.05) is 22.8 Å². The minimum absolute atomic E-state index is 0.0200. The lowest BCUT2D eigenvalue weighted by Gasteiger charge is -2.05. The van der Waals surface area contributed by atoms with E-state index in [1.54, 1.807) is 6.20 Å². The molecule has 2 N–H and O–H groups in total. The maximum absolute atomic E-state index is 11.1. The second kappa shape index (κ2) is 5.54. The first-order valence-corrected chi connectivity index (χ1v) is 6.51. The topological polar surface area (TPSA) is 75.4 Å². The molecule has 0 aliphatic heterocycles. The summed E-state index contributed by atoms with van der Waals surface area (Å²) in [4.78, 5) is 11.1. The van der Waals surface area contributed by atoms with Gasteiger partial charge in [-0.1, -0.05) is 22.0 Å². The van der Waals surface area contributed by atoms with E-state index in [4.69, 9.17) is 10.2 Å². The Balaban J connectivity index is 2.53. The van der Waals surface area contributed by atoms with E-state index in [0.717, 1.165) is 15.7 Å². The van der Waals surface area contributed by atoms with Crippen molar-refractivity contribution in [3.8, 4) is 5.69 Å². The number of nitrogens with zero attached hydrogens (tertiary/aromatic N) is 2. The second-order valence-corrected chi connectivity index (χ2v) is 5.07. The molecule has 0 aliphatic rings. The molecule has 0 aliphatic carbocycles. The summed E-state index contributed by atoms with van der Waals surface area (Å²) in [5.74, 6) is -1.09. The Kier molecular flexibility index (Phi) is 4.01. The maximum Gasteiger partial charge on any atom is 0.356 e. The maximum atomic E-state index is 11.1. The molecule has 0 saturated heterocycles. The van der Waals surface area contributed by atoms with Gasteiger partial charge in [0.2, 0.25) is 0 Å². The van der Waals surface area contributed by atoms with Crippen LogP contribution in [0.1, 0.15) is 21.6 Å². The largest absolute Gasteiger partial charge is 0.476 e. The highest BCUT2D eigenvalue weighted by Crippen LogP contribution is 2.21. The summed E-state index contributed by atoms with van der Waals surface area (Å²) in [6, 6.07) is 5.71. The van der Waals surface area contributed by atoms with Gasteiger partial charge in [0.05, 0.1) is 5.69 Å². The van der Waals surface area contributed by atoms with E-state index >= 15 is 0 Å². The number of aryl methyl sites for hydroxylation is 1. The van der Waals surface area contributed by atoms with Gasteiger partial charge in [-0.25, -0.2) is 9.48 Å². The lowest BCUT2D eigenvalue weighted by molar-refractivity contribution is 0.0688. The molecule has 0 amide bonds. The molecule has 0 fully saturated rings. The Morgan fingerprint density at radius 1 is 1.47 bits per heavy atom. The monoisotopic (exact) mass is 324 g/mol. The molecule has 0 spiro atoms. The molecule has 2 rings (SSSR count). The van der Waals surface area contributed by atoms with Gasteiger partial charge in [-0.05, 0) is 31.0 Å². The molecule has 0 saturated carbocycles. The first-order valence-electron chi connectivity index (χ1n) is 5.72. The molecular formula is C13H13BrN2O3. The van der Waals surface area contributed by atoms with Crippen molar-refractivity contribution in [2.75, 3.05) is 6.61 Å². The zero-order chi connectivity index (χ0) is 14.0. The first-order chi connectivity index (χ1) is 9.02. The summed E-state index contributed by atoms with van der Waals surface area (Å²) in [5.41, 5.74) is 2.29. The lowest BCUT2D eigenvalue weighted by Crippen LogP contribution is -2.04. The number of hydrogen-bond acceptors (Lipinski definition) is 3. The molecule has 1 heterocycles. The van der Waals surface area contributed by atoms with Gasteiger partial charge < -0.3 is 10.2 Å². The Bertz CT molecular complexity index is 622. The van der Waals surface area contributed by atoms with Crippen molar-refractivity contribution in [1.29, 1.82) is 0 Å². The van der Waals surface area contributed by atoms with Crippen molar-refractivity contribution in [1.82, 2.24) is 9.78 Å². The van der Waals surface area contributed by atoms with Crippen molar-refractivity contribution in [3.63, 3.8) is 0 Å². The van der Waals surface area contributed by atoms with Crippen LogP contribution in [-0.2, 0) is 6.42 Å². The van der Waals surface area contributed by atoms with Crippen molar-refractivity contribution in [2.24, 2.45) is 0 Å². The number of aliphatic hydroxyl groups is 1. The quantitative estimate of drug-likeness (QED) is 0.903. The van der Waals surface area contributed by atoms with E-state index in [2.05, 4.69) is 21.0 Å². The minimum Gasteiger partial charge on any atom is -0.476 e. The third-order valence-corrected chi connectivity index (χ3v) is 3.28. The van der Waals surface area contributed by atoms with Crippen LogP contribution in [0, 0.1) is 6.92 Å². The predicted molar refractivity (Wildman–Crippen MR) is 73.8 cm³/mol. The molecule has 1 aromatic carbocycles. The lowest BCUT2D eigenvalue weighted by atomic mass is 10.2. The van der Waals surface area contributed by atoms with Gasteiger partial charge in [0.25, 0.3) is 0 Å². The Labute approximate surface area is 118 Å². The zero-order valence-corrected chi connectivity index (χ0v) is 11.9. The van der Waals surface area contributed by atoms with Crippen molar-refractivity contribution in [2.45, 2.75) is 13.3 Å². The van der Waals surface area contributed by atoms with Crippen molar-refractivity contribution in [3.05, 3.63) is 45.7 Å². The summed E-state index contributed by atoms with van der Waals surface area (Å²) in [5, 5.41) is 22.2. The van der Waals surface area contributed by atoms with Crippen LogP contribution in [0.3, 0.4) is 0 Å². The normalized spacial score (nSPS) is 10.7. The molecule has 0 bridgehead atoms. The summed E-state index contributed by atoms with van der Waals surface area (Å²) < 4.78 is 2.43. The summed E-state index contributed by atoms with van der Waals surface area (Å²) >= 11 is 3.38. The van der Waals surface area contributed by atoms with Gasteiger partial charge in [-0.15, -0.1) is 0 Å². The van der Waals surface area contributed by atoms with Crippen LogP contribution in [0.15, 0.2) is 28.9 Å². The molecule has 0 atom stereocenters. The third kappa shape index (κ3) is 2.85. The van der Waals surface area contributed by atoms with Crippen molar-refractivity contribution < 1.29 is 15.0 Å². The molecule has 19 heavy (non-hydrogen) atoms. The number of aliphatic hydroxyl groups excluding tert-OH is 1. The van der Waals surface area contributed by atoms with E-state index < -0.39 is 5.97 Å². The standard InChI is InChI=1S/C13H13BrN2O3/c1-8-2-3-10(14)6-11(8)16-7-9(4-5-17)12(15-16)13(18)19/h2-3,6-7,17H,4-5H2,1H3,(H,18,19). The van der Waals surface area contributed by atoms with E-state index in [1.807, 2.05) is 25.1 Å². The third-order valence-electron chi connectivity index (χ3n) is 2.79. The SMILES string of the molecule is Cc1ccc(Br)cc1-n1cc(CCO)c(C(=O)O)n1. The molecule has 5 nitrogen and oxygen atoms in total. The number of carboxylic acid groups (broad SMARTS) is 1. The minimum atomic E-state index is -1.09. The van der Waals surface area contributed by atoms with Crippen LogP contribution in [0.4, 0.5) is 0 Å². The number of halogens is 1. The number of aromatic nitrogens is 2. The molecule has 100 valence electrons. The average Bonchev–Trinajstić information content (AvgIpc) is 2.77. The number of carboxylic acids is 1. The Hall–Kier alpha value is -1.66. The first kappa shape index (κ1) is 13.8. The molecule has 6 heteroatoms. The number of rotatable bonds is 4. The molecule has 0 radical (unpaired) electrons. The second-order valence-electron chi connectivity index (χ2n) is 4.16. The smallest absolute Gasteiger partial charge is 0.356 e. The Morgan fingerprint density at radius 2 is 2.21 bits per heavy atom. The van der Waals surface area contributed by atoms with Gasteiger partial charge in [-0.3, -0.25) is 0 Å². The number of aromatic carboxylic acids is 1. The van der Waals surface area contributed by atoms with Crippen LogP contribution < -0.4 is 0 Å². The fraction of sp³-hybridized carbons (Fsp3) is 0.231. The Morgan fingerprint density at radius 3 is 2.84 bits per heavy atom. The van der Waals surface area contributed by atoms with Gasteiger partial charge >= 0.3 is 5.97 Å². The molecule has 2 aromatic rings. The highest BCUT2D eigenvalue weighted by molar-refractivity contribution is 9.10. The van der Waals surface area contributed by atoms with Crippen LogP contribution in [0.5, 0.6) is 0 Å². The van der Waals surface area contributed by atoms with Crippen LogP contribution in [0.25, 0.3) is 5.69 Å². The number of carbonyl (C=O) groups is 1. The van der Waals surface area contributed by atoms with Crippen molar-refractivity contribution >= 4 is 21.9 Å². The van der Waals surface area contributed by atoms with E-state index in [1.165, 1.54) is 4.68 Å². The zero-order valence-electron chi connectivity index (χ0n) is 10.3. The van der Waals surface area contributed by atoms with E-state index in [0.29, 0.717) is 5.56 Å². The predicted octanol–water partition coefficient (Wildman–Crippen LogP) is 2.18. The highest BCUT2D eigenvalue weighted by Gasteiger charge is 2.16. The van der Waals surface area contributed by atoms with E-state index in [9.17, 15) is 4.79 Å². The van der Waals surface area contributed by atoms with Crippen LogP contribution in [-0.4, -0.2) is 32.6 Å². The van der Waals surface area contributed by atoms with Gasteiger partial charge in [0.15, 0.2) is 5.69 Å². The number of hydrogen-bond donors (Lipinski definition) is 2. The van der Waals surface area contributed by atoms with Gasteiger partial charge in [0.1, 0.15) is 0 Å². The number of benzene rings is 1. The highest BCUT2D eigenvalue weighted by atomic mass is 79.9. The molecular weight excluding hydrogens is 312 g/mol. The summed E-state index contributed by atoms with van der Waals surface area (Å²) in [6.45, 7) is 1.82. The van der Waals surface area contributed by atoms with Crippen LogP contribution in [0.2, 0.25) is 0 Å². The van der Waals surface area contributed by atoms with Gasteiger partial charge in [-0.2, -0.15) is 5.10 Å². The fourth-order valence-corrected chi connectivity index (χ4v) is 2.19. The molecule has 0 unspecified atom stereocenters. The average molecular weight is 325 g/mol. The summed E-state index contributed by atoms with van der Waals surface area (Å²) in [6.07, 6.45) is 1.92. The molecule has 1 aromatic heterocycles.